The number of halogens is 1. The highest BCUT2D eigenvalue weighted by Gasteiger charge is 2.25. The zero-order valence-electron chi connectivity index (χ0n) is 11.3. The first-order chi connectivity index (χ1) is 10.1. The molecule has 0 saturated heterocycles. The van der Waals surface area contributed by atoms with Gasteiger partial charge >= 0.3 is 0 Å². The van der Waals surface area contributed by atoms with Gasteiger partial charge < -0.3 is 15.7 Å². The Morgan fingerprint density at radius 1 is 1.24 bits per heavy atom. The lowest BCUT2D eigenvalue weighted by Crippen LogP contribution is -2.35. The van der Waals surface area contributed by atoms with Crippen LogP contribution in [0.5, 0.6) is 5.75 Å². The highest BCUT2D eigenvalue weighted by Crippen LogP contribution is 2.32. The van der Waals surface area contributed by atoms with Gasteiger partial charge in [-0.25, -0.2) is 0 Å². The lowest BCUT2D eigenvalue weighted by Gasteiger charge is -2.30. The van der Waals surface area contributed by atoms with Gasteiger partial charge in [-0.2, -0.15) is 0 Å². The fourth-order valence-electron chi connectivity index (χ4n) is 2.65. The van der Waals surface area contributed by atoms with E-state index in [2.05, 4.69) is 0 Å². The van der Waals surface area contributed by atoms with E-state index in [0.717, 1.165) is 24.1 Å². The molecule has 0 saturated carbocycles. The van der Waals surface area contributed by atoms with Crippen molar-refractivity contribution in [3.05, 3.63) is 52.5 Å². The maximum atomic E-state index is 12.7. The first-order valence-electron chi connectivity index (χ1n) is 6.75. The standard InChI is InChI=1S/C16H15ClN2O2/c17-14-5-4-12(20)9-13(14)16(21)19-7-1-2-10-8-11(18)3-6-15(10)19/h3-6,8-9,20H,1-2,7,18H2. The fourth-order valence-corrected chi connectivity index (χ4v) is 2.85. The molecule has 3 rings (SSSR count). The molecule has 2 aromatic rings. The lowest BCUT2D eigenvalue weighted by atomic mass is 10.00. The zero-order chi connectivity index (χ0) is 15.0. The van der Waals surface area contributed by atoms with Gasteiger partial charge in [0, 0.05) is 17.9 Å². The number of rotatable bonds is 1. The van der Waals surface area contributed by atoms with E-state index in [0.29, 0.717) is 22.8 Å². The molecule has 0 radical (unpaired) electrons. The van der Waals surface area contributed by atoms with Crippen molar-refractivity contribution in [1.29, 1.82) is 0 Å². The topological polar surface area (TPSA) is 66.6 Å². The largest absolute Gasteiger partial charge is 0.508 e. The maximum absolute atomic E-state index is 12.7. The van der Waals surface area contributed by atoms with Gasteiger partial charge in [-0.3, -0.25) is 4.79 Å². The van der Waals surface area contributed by atoms with Crippen molar-refractivity contribution >= 4 is 28.9 Å². The minimum atomic E-state index is -0.207. The number of nitrogen functional groups attached to an aromatic ring is 1. The molecule has 0 bridgehead atoms. The number of aromatic hydroxyl groups is 1. The number of aryl methyl sites for hydroxylation is 1. The van der Waals surface area contributed by atoms with Crippen molar-refractivity contribution in [2.75, 3.05) is 17.2 Å². The molecular weight excluding hydrogens is 288 g/mol. The van der Waals surface area contributed by atoms with Crippen LogP contribution in [0.1, 0.15) is 22.3 Å². The second-order valence-electron chi connectivity index (χ2n) is 5.11. The number of carbonyl (C=O) groups excluding carboxylic acids is 1. The third-order valence-electron chi connectivity index (χ3n) is 3.65. The molecule has 1 amide bonds. The normalized spacial score (nSPS) is 13.9. The van der Waals surface area contributed by atoms with E-state index in [9.17, 15) is 9.90 Å². The van der Waals surface area contributed by atoms with Crippen molar-refractivity contribution in [2.24, 2.45) is 0 Å². The molecule has 3 N–H and O–H groups in total. The Labute approximate surface area is 127 Å². The SMILES string of the molecule is Nc1ccc2c(c1)CCCN2C(=O)c1cc(O)ccc1Cl. The van der Waals surface area contributed by atoms with Gasteiger partial charge in [0.2, 0.25) is 0 Å². The van der Waals surface area contributed by atoms with Gasteiger partial charge in [0.15, 0.2) is 0 Å². The van der Waals surface area contributed by atoms with Gasteiger partial charge in [0.25, 0.3) is 5.91 Å². The van der Waals surface area contributed by atoms with Crippen LogP contribution in [0, 0.1) is 0 Å². The summed E-state index contributed by atoms with van der Waals surface area (Å²) in [5, 5.41) is 9.90. The van der Waals surface area contributed by atoms with E-state index in [1.165, 1.54) is 18.2 Å². The highest BCUT2D eigenvalue weighted by molar-refractivity contribution is 6.34. The Hall–Kier alpha value is -2.20. The molecule has 21 heavy (non-hydrogen) atoms. The number of fused-ring (bicyclic) bond motifs is 1. The highest BCUT2D eigenvalue weighted by atomic mass is 35.5. The molecule has 0 unspecified atom stereocenters. The van der Waals surface area contributed by atoms with Gasteiger partial charge in [0.05, 0.1) is 10.6 Å². The predicted molar refractivity (Wildman–Crippen MR) is 84.0 cm³/mol. The molecular formula is C16H15ClN2O2. The summed E-state index contributed by atoms with van der Waals surface area (Å²) in [7, 11) is 0. The van der Waals surface area contributed by atoms with Crippen LogP contribution in [-0.4, -0.2) is 17.6 Å². The third kappa shape index (κ3) is 2.54. The van der Waals surface area contributed by atoms with Crippen LogP contribution in [0.15, 0.2) is 36.4 Å². The molecule has 0 spiro atoms. The first kappa shape index (κ1) is 13.8. The molecule has 1 heterocycles. The number of hydrogen-bond donors (Lipinski definition) is 2. The summed E-state index contributed by atoms with van der Waals surface area (Å²) in [4.78, 5) is 14.4. The average molecular weight is 303 g/mol. The summed E-state index contributed by atoms with van der Waals surface area (Å²) < 4.78 is 0. The third-order valence-corrected chi connectivity index (χ3v) is 3.98. The van der Waals surface area contributed by atoms with Crippen molar-refractivity contribution in [3.63, 3.8) is 0 Å². The van der Waals surface area contributed by atoms with Crippen molar-refractivity contribution in [1.82, 2.24) is 0 Å². The van der Waals surface area contributed by atoms with E-state index in [-0.39, 0.29) is 11.7 Å². The summed E-state index contributed by atoms with van der Waals surface area (Å²) in [6.45, 7) is 0.627. The van der Waals surface area contributed by atoms with Crippen LogP contribution < -0.4 is 10.6 Å². The second kappa shape index (κ2) is 5.30. The van der Waals surface area contributed by atoms with E-state index < -0.39 is 0 Å². The number of nitrogens with zero attached hydrogens (tertiary/aromatic N) is 1. The number of anilines is 2. The second-order valence-corrected chi connectivity index (χ2v) is 5.52. The molecule has 0 fully saturated rings. The van der Waals surface area contributed by atoms with Crippen molar-refractivity contribution in [2.45, 2.75) is 12.8 Å². The summed E-state index contributed by atoms with van der Waals surface area (Å²) in [6, 6.07) is 9.93. The molecule has 5 heteroatoms. The summed E-state index contributed by atoms with van der Waals surface area (Å²) in [6.07, 6.45) is 1.77. The molecule has 2 aromatic carbocycles. The summed E-state index contributed by atoms with van der Waals surface area (Å²) >= 11 is 6.08. The molecule has 4 nitrogen and oxygen atoms in total. The maximum Gasteiger partial charge on any atom is 0.259 e. The van der Waals surface area contributed by atoms with Gasteiger partial charge in [-0.1, -0.05) is 11.6 Å². The molecule has 0 atom stereocenters. The monoisotopic (exact) mass is 302 g/mol. The fraction of sp³-hybridized carbons (Fsp3) is 0.188. The van der Waals surface area contributed by atoms with Crippen LogP contribution in [0.3, 0.4) is 0 Å². The molecule has 0 aliphatic carbocycles. The Morgan fingerprint density at radius 2 is 2.05 bits per heavy atom. The number of hydrogen-bond acceptors (Lipinski definition) is 3. The zero-order valence-corrected chi connectivity index (χ0v) is 12.1. The first-order valence-corrected chi connectivity index (χ1v) is 7.13. The Kier molecular flexibility index (Phi) is 3.47. The van der Waals surface area contributed by atoms with E-state index >= 15 is 0 Å². The quantitative estimate of drug-likeness (QED) is 0.795. The van der Waals surface area contributed by atoms with E-state index in [1.807, 2.05) is 12.1 Å². The van der Waals surface area contributed by atoms with E-state index in [4.69, 9.17) is 17.3 Å². The molecule has 0 aromatic heterocycles. The van der Waals surface area contributed by atoms with Crippen LogP contribution in [0.25, 0.3) is 0 Å². The van der Waals surface area contributed by atoms with Gasteiger partial charge in [-0.05, 0) is 54.8 Å². The minimum absolute atomic E-state index is 0.0253. The number of nitrogens with two attached hydrogens (primary N) is 1. The molecule has 1 aliphatic rings. The van der Waals surface area contributed by atoms with Crippen LogP contribution in [-0.2, 0) is 6.42 Å². The smallest absolute Gasteiger partial charge is 0.259 e. The minimum Gasteiger partial charge on any atom is -0.508 e. The van der Waals surface area contributed by atoms with Gasteiger partial charge in [0.1, 0.15) is 5.75 Å². The summed E-state index contributed by atoms with van der Waals surface area (Å²) in [5.41, 5.74) is 8.72. The Balaban J connectivity index is 2.02. The number of benzene rings is 2. The van der Waals surface area contributed by atoms with Crippen LogP contribution in [0.2, 0.25) is 5.02 Å². The van der Waals surface area contributed by atoms with Crippen molar-refractivity contribution in [3.8, 4) is 5.75 Å². The van der Waals surface area contributed by atoms with Crippen LogP contribution >= 0.6 is 11.6 Å². The Bertz CT molecular complexity index is 715. The lowest BCUT2D eigenvalue weighted by molar-refractivity contribution is 0.0985. The molecule has 108 valence electrons. The van der Waals surface area contributed by atoms with Crippen LogP contribution in [0.4, 0.5) is 11.4 Å². The number of phenolic OH excluding ortho intramolecular Hbond substituents is 1. The van der Waals surface area contributed by atoms with Gasteiger partial charge in [-0.15, -0.1) is 0 Å². The predicted octanol–water partition coefficient (Wildman–Crippen LogP) is 3.22. The summed E-state index contributed by atoms with van der Waals surface area (Å²) in [5.74, 6) is -0.182. The average Bonchev–Trinajstić information content (AvgIpc) is 2.48. The molecule has 1 aliphatic heterocycles. The van der Waals surface area contributed by atoms with Crippen molar-refractivity contribution < 1.29 is 9.90 Å². The number of phenols is 1. The number of amides is 1. The number of carbonyl (C=O) groups is 1. The Morgan fingerprint density at radius 3 is 2.86 bits per heavy atom. The van der Waals surface area contributed by atoms with E-state index in [1.54, 1.807) is 11.0 Å².